The van der Waals surface area contributed by atoms with Crippen LogP contribution in [0.5, 0.6) is 0 Å². The number of furan rings is 1. The molecule has 2 N–H and O–H groups in total. The van der Waals surface area contributed by atoms with Gasteiger partial charge in [0.05, 0.1) is 6.26 Å². The first kappa shape index (κ1) is 13.8. The number of halogens is 1. The molecule has 102 valence electrons. The second-order valence-electron chi connectivity index (χ2n) is 4.95. The Bertz CT molecular complexity index is 535. The quantitative estimate of drug-likeness (QED) is 0.872. The minimum atomic E-state index is -1.11. The number of hydrogen-bond acceptors (Lipinski definition) is 3. The molecule has 1 aromatic heterocycles. The molecule has 0 fully saturated rings. The normalized spacial score (nSPS) is 14.3. The van der Waals surface area contributed by atoms with E-state index in [9.17, 15) is 9.50 Å². The van der Waals surface area contributed by atoms with E-state index in [1.165, 1.54) is 12.3 Å². The largest absolute Gasteiger partial charge is 0.466 e. The van der Waals surface area contributed by atoms with Gasteiger partial charge in [0.15, 0.2) is 0 Å². The van der Waals surface area contributed by atoms with E-state index >= 15 is 0 Å². The third-order valence-corrected chi connectivity index (χ3v) is 3.04. The van der Waals surface area contributed by atoms with Crippen molar-refractivity contribution in [3.63, 3.8) is 0 Å². The molecule has 2 rings (SSSR count). The maximum absolute atomic E-state index is 13.5. The highest BCUT2D eigenvalue weighted by Crippen LogP contribution is 2.20. The van der Waals surface area contributed by atoms with E-state index < -0.39 is 5.60 Å². The van der Waals surface area contributed by atoms with Crippen molar-refractivity contribution in [3.05, 3.63) is 59.3 Å². The third-order valence-electron chi connectivity index (χ3n) is 3.04. The number of aliphatic hydroxyl groups is 1. The summed E-state index contributed by atoms with van der Waals surface area (Å²) in [6.45, 7) is 4.23. The van der Waals surface area contributed by atoms with Gasteiger partial charge in [-0.3, -0.25) is 0 Å². The summed E-state index contributed by atoms with van der Waals surface area (Å²) in [7, 11) is 0. The summed E-state index contributed by atoms with van der Waals surface area (Å²) in [6, 6.07) is 8.43. The molecule has 0 aliphatic heterocycles. The molecule has 0 bridgehead atoms. The lowest BCUT2D eigenvalue weighted by Crippen LogP contribution is -2.34. The van der Waals surface area contributed by atoms with Crippen LogP contribution in [-0.2, 0) is 12.1 Å². The Morgan fingerprint density at radius 3 is 2.84 bits per heavy atom. The predicted molar refractivity (Wildman–Crippen MR) is 71.1 cm³/mol. The molecule has 4 heteroatoms. The van der Waals surface area contributed by atoms with Gasteiger partial charge in [-0.25, -0.2) is 4.39 Å². The highest BCUT2D eigenvalue weighted by molar-refractivity contribution is 5.24. The van der Waals surface area contributed by atoms with Crippen molar-refractivity contribution in [1.82, 2.24) is 5.32 Å². The summed E-state index contributed by atoms with van der Waals surface area (Å²) in [5.41, 5.74) is 0.496. The zero-order valence-electron chi connectivity index (χ0n) is 11.1. The predicted octanol–water partition coefficient (Wildman–Crippen LogP) is 2.72. The molecular weight excluding hydrogens is 245 g/mol. The van der Waals surface area contributed by atoms with Crippen molar-refractivity contribution in [2.24, 2.45) is 0 Å². The van der Waals surface area contributed by atoms with E-state index in [1.807, 2.05) is 6.92 Å². The molecule has 0 saturated carbocycles. The number of rotatable bonds is 5. The summed E-state index contributed by atoms with van der Waals surface area (Å²) in [5.74, 6) is 0.250. The number of aryl methyl sites for hydroxylation is 1. The topological polar surface area (TPSA) is 45.4 Å². The zero-order chi connectivity index (χ0) is 13.9. The van der Waals surface area contributed by atoms with Crippen LogP contribution < -0.4 is 5.32 Å². The minimum Gasteiger partial charge on any atom is -0.466 e. The fourth-order valence-corrected chi connectivity index (χ4v) is 1.95. The van der Waals surface area contributed by atoms with Gasteiger partial charge in [0, 0.05) is 18.7 Å². The van der Waals surface area contributed by atoms with Crippen LogP contribution in [0, 0.1) is 12.7 Å². The van der Waals surface area contributed by atoms with Crippen LogP contribution >= 0.6 is 0 Å². The first-order valence-corrected chi connectivity index (χ1v) is 6.21. The van der Waals surface area contributed by atoms with Crippen LogP contribution in [-0.4, -0.2) is 11.7 Å². The monoisotopic (exact) mass is 263 g/mol. The molecule has 1 atom stereocenters. The first-order chi connectivity index (χ1) is 8.99. The molecule has 0 spiro atoms. The molecule has 1 unspecified atom stereocenters. The fraction of sp³-hybridized carbons (Fsp3) is 0.333. The van der Waals surface area contributed by atoms with Gasteiger partial charge in [0.2, 0.25) is 0 Å². The van der Waals surface area contributed by atoms with Crippen molar-refractivity contribution >= 4 is 0 Å². The van der Waals surface area contributed by atoms with E-state index in [2.05, 4.69) is 5.32 Å². The van der Waals surface area contributed by atoms with Crippen LogP contribution in [0.4, 0.5) is 4.39 Å². The Balaban J connectivity index is 1.95. The second kappa shape index (κ2) is 5.55. The van der Waals surface area contributed by atoms with Crippen LogP contribution in [0.15, 0.2) is 41.0 Å². The minimum absolute atomic E-state index is 0.240. The molecule has 0 amide bonds. The van der Waals surface area contributed by atoms with Crippen molar-refractivity contribution in [1.29, 1.82) is 0 Å². The van der Waals surface area contributed by atoms with E-state index in [-0.39, 0.29) is 12.4 Å². The molecule has 1 heterocycles. The Kier molecular flexibility index (Phi) is 4.02. The Morgan fingerprint density at radius 1 is 1.37 bits per heavy atom. The molecule has 0 radical (unpaired) electrons. The average Bonchev–Trinajstić information content (AvgIpc) is 2.88. The standard InChI is InChI=1S/C15H18FNO2/c1-11-5-6-13(16)12(8-11)9-17-10-15(2,18)14-4-3-7-19-14/h3-8,17-18H,9-10H2,1-2H3. The lowest BCUT2D eigenvalue weighted by atomic mass is 10.0. The first-order valence-electron chi connectivity index (χ1n) is 6.21. The zero-order valence-corrected chi connectivity index (χ0v) is 11.1. The maximum Gasteiger partial charge on any atom is 0.136 e. The molecule has 2 aromatic rings. The summed E-state index contributed by atoms with van der Waals surface area (Å²) >= 11 is 0. The van der Waals surface area contributed by atoms with Gasteiger partial charge >= 0.3 is 0 Å². The Labute approximate surface area is 112 Å². The van der Waals surface area contributed by atoms with Crippen molar-refractivity contribution in [2.45, 2.75) is 26.0 Å². The molecule has 1 aromatic carbocycles. The summed E-state index contributed by atoms with van der Waals surface area (Å²) in [5, 5.41) is 13.3. The van der Waals surface area contributed by atoms with Crippen molar-refractivity contribution in [2.75, 3.05) is 6.54 Å². The highest BCUT2D eigenvalue weighted by Gasteiger charge is 2.25. The smallest absolute Gasteiger partial charge is 0.136 e. The molecular formula is C15H18FNO2. The molecule has 0 aliphatic carbocycles. The van der Waals surface area contributed by atoms with E-state index in [0.29, 0.717) is 17.9 Å². The lowest BCUT2D eigenvalue weighted by Gasteiger charge is -2.21. The second-order valence-corrected chi connectivity index (χ2v) is 4.95. The highest BCUT2D eigenvalue weighted by atomic mass is 19.1. The van der Waals surface area contributed by atoms with Gasteiger partial charge in [-0.2, -0.15) is 0 Å². The van der Waals surface area contributed by atoms with Gasteiger partial charge in [0.1, 0.15) is 17.2 Å². The van der Waals surface area contributed by atoms with Gasteiger partial charge in [-0.1, -0.05) is 17.7 Å². The van der Waals surface area contributed by atoms with Gasteiger partial charge < -0.3 is 14.8 Å². The van der Waals surface area contributed by atoms with E-state index in [0.717, 1.165) is 5.56 Å². The summed E-state index contributed by atoms with van der Waals surface area (Å²) in [4.78, 5) is 0. The lowest BCUT2D eigenvalue weighted by molar-refractivity contribution is 0.0340. The summed E-state index contributed by atoms with van der Waals surface area (Å²) < 4.78 is 18.7. The molecule has 0 aliphatic rings. The SMILES string of the molecule is Cc1ccc(F)c(CNCC(C)(O)c2ccco2)c1. The van der Waals surface area contributed by atoms with Crippen LogP contribution in [0.2, 0.25) is 0 Å². The molecule has 19 heavy (non-hydrogen) atoms. The van der Waals surface area contributed by atoms with Crippen LogP contribution in [0.25, 0.3) is 0 Å². The number of hydrogen-bond donors (Lipinski definition) is 2. The molecule has 0 saturated heterocycles. The van der Waals surface area contributed by atoms with Gasteiger partial charge in [-0.05, 0) is 32.0 Å². The van der Waals surface area contributed by atoms with Crippen molar-refractivity contribution < 1.29 is 13.9 Å². The number of nitrogens with one attached hydrogen (secondary N) is 1. The third kappa shape index (κ3) is 3.43. The molecule has 3 nitrogen and oxygen atoms in total. The Morgan fingerprint density at radius 2 is 2.16 bits per heavy atom. The van der Waals surface area contributed by atoms with Crippen LogP contribution in [0.1, 0.15) is 23.8 Å². The van der Waals surface area contributed by atoms with Gasteiger partial charge in [-0.15, -0.1) is 0 Å². The van der Waals surface area contributed by atoms with Crippen LogP contribution in [0.3, 0.4) is 0 Å². The van der Waals surface area contributed by atoms with Crippen molar-refractivity contribution in [3.8, 4) is 0 Å². The fourth-order valence-electron chi connectivity index (χ4n) is 1.95. The summed E-state index contributed by atoms with van der Waals surface area (Å²) in [6.07, 6.45) is 1.52. The Hall–Kier alpha value is -1.65. The van der Waals surface area contributed by atoms with Gasteiger partial charge in [0.25, 0.3) is 0 Å². The van der Waals surface area contributed by atoms with E-state index in [4.69, 9.17) is 4.42 Å². The number of benzene rings is 1. The maximum atomic E-state index is 13.5. The van der Waals surface area contributed by atoms with E-state index in [1.54, 1.807) is 31.2 Å². The average molecular weight is 263 g/mol.